The number of aliphatic imine (C=N–C) groups is 1. The molecule has 8 rings (SSSR count). The molecule has 4 aliphatic heterocycles. The van der Waals surface area contributed by atoms with Crippen molar-refractivity contribution in [3.63, 3.8) is 0 Å². The minimum absolute atomic E-state index is 0.103. The number of halogens is 2. The zero-order chi connectivity index (χ0) is 43.4. The molecule has 14 nitrogen and oxygen atoms in total. The molecule has 62 heavy (non-hydrogen) atoms. The summed E-state index contributed by atoms with van der Waals surface area (Å²) in [4.78, 5) is 37.4. The van der Waals surface area contributed by atoms with Gasteiger partial charge in [-0.05, 0) is 79.9 Å². The monoisotopic (exact) mass is 867 g/mol. The number of carbonyl (C=O) groups excluding carboxylic acids is 1. The maximum Gasteiger partial charge on any atom is 0.259 e. The number of fused-ring (bicyclic) bond motifs is 1. The van der Waals surface area contributed by atoms with Crippen molar-refractivity contribution in [2.75, 3.05) is 87.1 Å². The standard InChI is InChI=1S/C45H51F2N9O5S/c1-4-61-38-14-11-30(28-33(38)44(57)52-42-34(46)8-7-9-35(42)47)41-43(56-19-6-5-10-40(56)51-41)37-15-18-48-45(50-37)49-36-13-12-32(29-39(36)60-2)54-20-16-31(17-21-54)55-24-22-53(23-25-55)26-27-62(3,58)59/h5-15,18-19,28-29,31,41,43H,4,16-17,20-27H2,1-3H3,(H,52,57)(H,48,49,50). The van der Waals surface area contributed by atoms with E-state index in [9.17, 15) is 22.0 Å². The number of hydrogen-bond donors (Lipinski definition) is 2. The molecule has 2 fully saturated rings. The van der Waals surface area contributed by atoms with Crippen LogP contribution in [0.4, 0.5) is 31.8 Å². The Bertz CT molecular complexity index is 2470. The molecule has 0 aliphatic carbocycles. The van der Waals surface area contributed by atoms with E-state index in [4.69, 9.17) is 19.5 Å². The topological polar surface area (TPSA) is 145 Å². The first-order valence-electron chi connectivity index (χ1n) is 20.9. The Morgan fingerprint density at radius 3 is 2.44 bits per heavy atom. The van der Waals surface area contributed by atoms with Crippen LogP contribution in [-0.2, 0) is 9.84 Å². The van der Waals surface area contributed by atoms with Crippen molar-refractivity contribution in [2.45, 2.75) is 37.9 Å². The van der Waals surface area contributed by atoms with Crippen molar-refractivity contribution < 1.29 is 31.5 Å². The van der Waals surface area contributed by atoms with Gasteiger partial charge in [0, 0.05) is 82.3 Å². The van der Waals surface area contributed by atoms with Gasteiger partial charge < -0.3 is 29.9 Å². The van der Waals surface area contributed by atoms with Crippen LogP contribution >= 0.6 is 0 Å². The molecule has 0 saturated carbocycles. The number of para-hydroxylation sites is 1. The number of anilines is 4. The minimum atomic E-state index is -2.96. The molecule has 5 heterocycles. The molecule has 4 aromatic rings. The average Bonchev–Trinajstić information content (AvgIpc) is 3.67. The highest BCUT2D eigenvalue weighted by molar-refractivity contribution is 7.90. The fourth-order valence-corrected chi connectivity index (χ4v) is 9.13. The zero-order valence-corrected chi connectivity index (χ0v) is 35.8. The lowest BCUT2D eigenvalue weighted by molar-refractivity contribution is 0.0882. The zero-order valence-electron chi connectivity index (χ0n) is 35.0. The number of ether oxygens (including phenoxy) is 2. The average molecular weight is 868 g/mol. The van der Waals surface area contributed by atoms with E-state index in [1.807, 2.05) is 53.6 Å². The Morgan fingerprint density at radius 2 is 1.71 bits per heavy atom. The summed E-state index contributed by atoms with van der Waals surface area (Å²) in [6.45, 7) is 8.18. The highest BCUT2D eigenvalue weighted by Gasteiger charge is 2.39. The summed E-state index contributed by atoms with van der Waals surface area (Å²) < 4.78 is 64.0. The third-order valence-electron chi connectivity index (χ3n) is 11.8. The van der Waals surface area contributed by atoms with Gasteiger partial charge in [-0.25, -0.2) is 27.2 Å². The number of piperazine rings is 1. The number of piperidine rings is 1. The van der Waals surface area contributed by atoms with Gasteiger partial charge in [0.25, 0.3) is 5.91 Å². The van der Waals surface area contributed by atoms with Crippen LogP contribution in [0.1, 0.15) is 53.5 Å². The molecule has 2 N–H and O–H groups in total. The lowest BCUT2D eigenvalue weighted by Gasteiger charge is -2.43. The number of amides is 1. The summed E-state index contributed by atoms with van der Waals surface area (Å²) in [7, 11) is -1.32. The number of methoxy groups -OCH3 is 1. The summed E-state index contributed by atoms with van der Waals surface area (Å²) in [5.74, 6) is -0.339. The molecule has 1 aromatic heterocycles. The number of carbonyl (C=O) groups is 1. The van der Waals surface area contributed by atoms with Crippen LogP contribution in [0.2, 0.25) is 0 Å². The Morgan fingerprint density at radius 1 is 0.935 bits per heavy atom. The van der Waals surface area contributed by atoms with Crippen LogP contribution in [0.5, 0.6) is 11.5 Å². The van der Waals surface area contributed by atoms with Crippen LogP contribution in [-0.4, -0.2) is 122 Å². The minimum Gasteiger partial charge on any atom is -0.494 e. The molecule has 4 aliphatic rings. The highest BCUT2D eigenvalue weighted by atomic mass is 32.2. The van der Waals surface area contributed by atoms with E-state index in [1.165, 1.54) is 12.3 Å². The summed E-state index contributed by atoms with van der Waals surface area (Å²) in [6, 6.07) is 16.0. The first-order chi connectivity index (χ1) is 30.0. The van der Waals surface area contributed by atoms with E-state index >= 15 is 0 Å². The molecule has 0 spiro atoms. The van der Waals surface area contributed by atoms with Gasteiger partial charge in [-0.2, -0.15) is 0 Å². The molecular weight excluding hydrogens is 817 g/mol. The third-order valence-corrected chi connectivity index (χ3v) is 12.7. The SMILES string of the molecule is CCOc1ccc(C2N=C3C=CC=CN3C2c2ccnc(Nc3ccc(N4CCC(N5CCN(CCS(C)(=O)=O)CC5)CC4)cc3OC)n2)cc1C(=O)Nc1c(F)cccc1F. The van der Waals surface area contributed by atoms with Crippen molar-refractivity contribution in [2.24, 2.45) is 4.99 Å². The smallest absolute Gasteiger partial charge is 0.259 e. The van der Waals surface area contributed by atoms with Gasteiger partial charge in [-0.1, -0.05) is 18.2 Å². The maximum absolute atomic E-state index is 14.6. The molecule has 0 bridgehead atoms. The predicted molar refractivity (Wildman–Crippen MR) is 236 cm³/mol. The number of amidine groups is 1. The van der Waals surface area contributed by atoms with Gasteiger partial charge in [0.15, 0.2) is 0 Å². The van der Waals surface area contributed by atoms with E-state index in [1.54, 1.807) is 32.4 Å². The fraction of sp³-hybridized carbons (Fsp3) is 0.378. The van der Waals surface area contributed by atoms with E-state index in [0.29, 0.717) is 47.1 Å². The Labute approximate surface area is 360 Å². The predicted octanol–water partition coefficient (Wildman–Crippen LogP) is 6.37. The van der Waals surface area contributed by atoms with Crippen molar-refractivity contribution in [3.8, 4) is 11.5 Å². The van der Waals surface area contributed by atoms with Gasteiger partial charge in [-0.3, -0.25) is 19.6 Å². The molecular formula is C45H51F2N9O5S. The molecule has 2 unspecified atom stereocenters. The Hall–Kier alpha value is -5.91. The third kappa shape index (κ3) is 9.59. The van der Waals surface area contributed by atoms with Crippen LogP contribution in [0.25, 0.3) is 0 Å². The fourth-order valence-electron chi connectivity index (χ4n) is 8.54. The Kier molecular flexibility index (Phi) is 12.8. The highest BCUT2D eigenvalue weighted by Crippen LogP contribution is 2.44. The van der Waals surface area contributed by atoms with E-state index in [0.717, 1.165) is 69.9 Å². The second-order valence-electron chi connectivity index (χ2n) is 15.8. The molecule has 0 radical (unpaired) electrons. The van der Waals surface area contributed by atoms with Crippen LogP contribution in [0.15, 0.2) is 96.3 Å². The number of sulfone groups is 1. The molecule has 2 saturated heterocycles. The number of benzene rings is 3. The lowest BCUT2D eigenvalue weighted by Crippen LogP contribution is -2.53. The quantitative estimate of drug-likeness (QED) is 0.145. The van der Waals surface area contributed by atoms with Gasteiger partial charge >= 0.3 is 0 Å². The van der Waals surface area contributed by atoms with Crippen LogP contribution in [0.3, 0.4) is 0 Å². The molecule has 326 valence electrons. The summed E-state index contributed by atoms with van der Waals surface area (Å²) in [5.41, 5.74) is 2.65. The van der Waals surface area contributed by atoms with Gasteiger partial charge in [0.05, 0.1) is 36.4 Å². The van der Waals surface area contributed by atoms with Gasteiger partial charge in [-0.15, -0.1) is 0 Å². The number of nitrogens with one attached hydrogen (secondary N) is 2. The maximum atomic E-state index is 14.6. The molecule has 17 heteroatoms. The summed E-state index contributed by atoms with van der Waals surface area (Å²) in [6.07, 6.45) is 12.7. The van der Waals surface area contributed by atoms with Crippen LogP contribution in [0, 0.1) is 11.6 Å². The van der Waals surface area contributed by atoms with E-state index in [-0.39, 0.29) is 23.7 Å². The second kappa shape index (κ2) is 18.6. The van der Waals surface area contributed by atoms with E-state index in [2.05, 4.69) is 36.4 Å². The number of nitrogens with zero attached hydrogens (tertiary/aromatic N) is 7. The summed E-state index contributed by atoms with van der Waals surface area (Å²) in [5, 5.41) is 5.76. The summed E-state index contributed by atoms with van der Waals surface area (Å²) >= 11 is 0. The number of rotatable bonds is 14. The van der Waals surface area contributed by atoms with E-state index < -0.39 is 45.1 Å². The van der Waals surface area contributed by atoms with Crippen molar-refractivity contribution in [1.82, 2.24) is 24.7 Å². The van der Waals surface area contributed by atoms with Crippen LogP contribution < -0.4 is 25.0 Å². The first kappa shape index (κ1) is 42.8. The number of hydrogen-bond acceptors (Lipinski definition) is 13. The van der Waals surface area contributed by atoms with Crippen molar-refractivity contribution in [3.05, 3.63) is 120 Å². The first-order valence-corrected chi connectivity index (χ1v) is 22.9. The van der Waals surface area contributed by atoms with Crippen molar-refractivity contribution >= 4 is 44.6 Å². The lowest BCUT2D eigenvalue weighted by atomic mass is 9.95. The van der Waals surface area contributed by atoms with Gasteiger partial charge in [0.1, 0.15) is 56.6 Å². The number of allylic oxidation sites excluding steroid dienone is 2. The molecule has 3 aromatic carbocycles. The normalized spacial score (nSPS) is 19.6. The number of aromatic nitrogens is 2. The largest absolute Gasteiger partial charge is 0.494 e. The van der Waals surface area contributed by atoms with Crippen molar-refractivity contribution in [1.29, 1.82) is 0 Å². The van der Waals surface area contributed by atoms with Gasteiger partial charge in [0.2, 0.25) is 5.95 Å². The second-order valence-corrected chi connectivity index (χ2v) is 18.0. The molecule has 2 atom stereocenters. The molecule has 1 amide bonds. The Balaban J connectivity index is 0.971.